The van der Waals surface area contributed by atoms with Crippen LogP contribution in [0.4, 0.5) is 0 Å². The Balaban J connectivity index is 2.07. The highest BCUT2D eigenvalue weighted by Crippen LogP contribution is 2.32. The molecular formula is C30H32I6O3. The van der Waals surface area contributed by atoms with E-state index in [1.807, 2.05) is 0 Å². The van der Waals surface area contributed by atoms with Crippen molar-refractivity contribution in [2.24, 2.45) is 10.8 Å². The van der Waals surface area contributed by atoms with Crippen LogP contribution in [0.1, 0.15) is 63.8 Å². The average Bonchev–Trinajstić information content (AvgIpc) is 2.77. The zero-order valence-electron chi connectivity index (χ0n) is 22.8. The summed E-state index contributed by atoms with van der Waals surface area (Å²) in [6.07, 6.45) is 9.27. The fourth-order valence-corrected chi connectivity index (χ4v) is 11.6. The van der Waals surface area contributed by atoms with Gasteiger partial charge >= 0.3 is 0 Å². The molecule has 0 fully saturated rings. The summed E-state index contributed by atoms with van der Waals surface area (Å²) in [6.45, 7) is 12.9. The molecule has 0 heterocycles. The summed E-state index contributed by atoms with van der Waals surface area (Å²) in [5.74, 6) is -0.0581. The maximum absolute atomic E-state index is 12.8. The van der Waals surface area contributed by atoms with E-state index >= 15 is 0 Å². The van der Waals surface area contributed by atoms with Gasteiger partial charge in [0.25, 0.3) is 0 Å². The molecule has 0 aliphatic rings. The predicted octanol–water partition coefficient (Wildman–Crippen LogP) is 10.4. The minimum Gasteiger partial charge on any atom is -0.366 e. The Bertz CT molecular complexity index is 1200. The molecule has 0 bridgehead atoms. The molecule has 39 heavy (non-hydrogen) atoms. The minimum atomic E-state index is -0.0719. The number of hydrogen-bond donors (Lipinski definition) is 0. The summed E-state index contributed by atoms with van der Waals surface area (Å²) in [4.78, 5) is 25.7. The van der Waals surface area contributed by atoms with Crippen LogP contribution in [-0.4, -0.2) is 24.8 Å². The molecule has 0 saturated carbocycles. The van der Waals surface area contributed by atoms with Crippen LogP contribution in [0, 0.1) is 32.3 Å². The van der Waals surface area contributed by atoms with Crippen LogP contribution in [0.5, 0.6) is 0 Å². The van der Waals surface area contributed by atoms with E-state index in [0.29, 0.717) is 0 Å². The van der Waals surface area contributed by atoms with Gasteiger partial charge in [-0.1, -0.05) is 65.8 Å². The van der Waals surface area contributed by atoms with Crippen molar-refractivity contribution in [2.75, 3.05) is 13.2 Å². The number of hydrogen-bond acceptors (Lipinski definition) is 3. The van der Waals surface area contributed by atoms with Gasteiger partial charge in [0.05, 0.1) is 0 Å². The van der Waals surface area contributed by atoms with Gasteiger partial charge in [0.1, 0.15) is 13.2 Å². The van der Waals surface area contributed by atoms with Crippen molar-refractivity contribution in [3.05, 3.63) is 68.0 Å². The van der Waals surface area contributed by atoms with E-state index in [1.165, 1.54) is 0 Å². The Morgan fingerprint density at radius 2 is 0.974 bits per heavy atom. The molecule has 2 aromatic carbocycles. The topological polar surface area (TPSA) is 43.4 Å². The molecule has 2 aromatic rings. The molecule has 0 aliphatic carbocycles. The first-order valence-electron chi connectivity index (χ1n) is 12.2. The summed E-state index contributed by atoms with van der Waals surface area (Å²) in [5.41, 5.74) is 4.47. The van der Waals surface area contributed by atoms with Crippen LogP contribution in [0.3, 0.4) is 0 Å². The Morgan fingerprint density at radius 1 is 0.641 bits per heavy atom. The number of carbonyl (C=O) groups is 2. The standard InChI is InChI=1S/C30H32I6O3/c1-29(2,3)9-7-19-23(31)13-25(33)21(27(19)35)11-17(37)15-39-16-18(38)12-22-26(34)14-24(32)20(28(22)36)8-10-30(4,5)6/h7-10,13-14H,11-12,15-16H2,1-6H3. The zero-order chi connectivity index (χ0) is 29.7. The smallest absolute Gasteiger partial charge is 0.162 e. The van der Waals surface area contributed by atoms with Gasteiger partial charge in [-0.15, -0.1) is 0 Å². The summed E-state index contributed by atoms with van der Waals surface area (Å²) in [5, 5.41) is 0. The van der Waals surface area contributed by atoms with Crippen LogP contribution in [-0.2, 0) is 27.2 Å². The summed E-state index contributed by atoms with van der Waals surface area (Å²) < 4.78 is 12.3. The highest BCUT2D eigenvalue weighted by Gasteiger charge is 2.19. The lowest BCUT2D eigenvalue weighted by Gasteiger charge is -2.15. The molecule has 0 unspecified atom stereocenters. The molecule has 0 radical (unpaired) electrons. The van der Waals surface area contributed by atoms with Crippen LogP contribution < -0.4 is 0 Å². The van der Waals surface area contributed by atoms with E-state index in [0.717, 1.165) is 43.7 Å². The Kier molecular flexibility index (Phi) is 15.2. The van der Waals surface area contributed by atoms with E-state index in [9.17, 15) is 9.59 Å². The molecule has 3 nitrogen and oxygen atoms in total. The average molecular weight is 1200 g/mol. The molecule has 0 saturated heterocycles. The quantitative estimate of drug-likeness (QED) is 0.223. The third-order valence-corrected chi connectivity index (χ3v) is 11.5. The maximum atomic E-state index is 12.8. The summed E-state index contributed by atoms with van der Waals surface area (Å²) in [7, 11) is 0. The summed E-state index contributed by atoms with van der Waals surface area (Å²) >= 11 is 14.0. The van der Waals surface area contributed by atoms with Crippen LogP contribution in [0.25, 0.3) is 12.2 Å². The first-order valence-corrected chi connectivity index (χ1v) is 18.7. The number of rotatable bonds is 10. The van der Waals surface area contributed by atoms with Crippen molar-refractivity contribution >= 4 is 159 Å². The Morgan fingerprint density at radius 3 is 1.28 bits per heavy atom. The van der Waals surface area contributed by atoms with Crippen molar-refractivity contribution in [2.45, 2.75) is 54.4 Å². The molecule has 2 rings (SSSR count). The molecular weight excluding hydrogens is 1170 g/mol. The largest absolute Gasteiger partial charge is 0.366 e. The summed E-state index contributed by atoms with van der Waals surface area (Å²) in [6, 6.07) is 4.24. The Labute approximate surface area is 315 Å². The number of ether oxygens (including phenoxy) is 1. The highest BCUT2D eigenvalue weighted by molar-refractivity contribution is 14.1. The number of ketones is 2. The van der Waals surface area contributed by atoms with Crippen molar-refractivity contribution in [3.8, 4) is 0 Å². The van der Waals surface area contributed by atoms with Crippen molar-refractivity contribution in [1.82, 2.24) is 0 Å². The normalized spacial score (nSPS) is 12.6. The van der Waals surface area contributed by atoms with E-state index < -0.39 is 0 Å². The van der Waals surface area contributed by atoms with Crippen molar-refractivity contribution < 1.29 is 14.3 Å². The molecule has 0 N–H and O–H groups in total. The van der Waals surface area contributed by atoms with Gasteiger partial charge in [-0.25, -0.2) is 0 Å². The van der Waals surface area contributed by atoms with Gasteiger partial charge in [-0.2, -0.15) is 0 Å². The highest BCUT2D eigenvalue weighted by atomic mass is 127. The lowest BCUT2D eigenvalue weighted by atomic mass is 9.95. The van der Waals surface area contributed by atoms with Crippen LogP contribution in [0.2, 0.25) is 0 Å². The van der Waals surface area contributed by atoms with Gasteiger partial charge in [0.2, 0.25) is 0 Å². The third kappa shape index (κ3) is 12.3. The third-order valence-electron chi connectivity index (χ3n) is 5.37. The molecule has 0 aromatic heterocycles. The number of carbonyl (C=O) groups excluding carboxylic acids is 2. The first kappa shape index (κ1) is 36.8. The van der Waals surface area contributed by atoms with Crippen molar-refractivity contribution in [1.29, 1.82) is 0 Å². The molecule has 0 aliphatic heterocycles. The Hall–Kier alpha value is 1.60. The monoisotopic (exact) mass is 1200 g/mol. The van der Waals surface area contributed by atoms with Gasteiger partial charge in [0.15, 0.2) is 11.6 Å². The van der Waals surface area contributed by atoms with Crippen LogP contribution in [0.15, 0.2) is 24.3 Å². The van der Waals surface area contributed by atoms with Gasteiger partial charge in [-0.05, 0) is 170 Å². The number of allylic oxidation sites excluding steroid dienone is 2. The maximum Gasteiger partial charge on any atom is 0.162 e. The first-order chi connectivity index (χ1) is 17.9. The second-order valence-corrected chi connectivity index (χ2v) is 18.2. The van der Waals surface area contributed by atoms with Gasteiger partial charge in [0, 0.05) is 45.4 Å². The fourth-order valence-electron chi connectivity index (χ4n) is 3.37. The second-order valence-electron chi connectivity index (χ2n) is 11.4. The van der Waals surface area contributed by atoms with Gasteiger partial charge < -0.3 is 4.74 Å². The SMILES string of the molecule is CC(C)(C)C=Cc1c(I)cc(I)c(CC(=O)COCC(=O)Cc2c(I)cc(I)c(C=CC(C)(C)C)c2I)c1I. The molecule has 0 amide bonds. The van der Waals surface area contributed by atoms with E-state index in [1.54, 1.807) is 0 Å². The number of Topliss-reactive ketones (excluding diaryl/α,β-unsaturated/α-hetero) is 2. The zero-order valence-corrected chi connectivity index (χ0v) is 35.7. The molecule has 9 heteroatoms. The molecule has 0 atom stereocenters. The lowest BCUT2D eigenvalue weighted by Crippen LogP contribution is -2.19. The minimum absolute atomic E-state index is 0.0291. The van der Waals surface area contributed by atoms with Crippen LogP contribution >= 0.6 is 136 Å². The molecule has 212 valence electrons. The fraction of sp³-hybridized carbons (Fsp3) is 0.400. The number of halogens is 6. The van der Waals surface area contributed by atoms with Gasteiger partial charge in [-0.3, -0.25) is 9.59 Å². The lowest BCUT2D eigenvalue weighted by molar-refractivity contribution is -0.128. The van der Waals surface area contributed by atoms with Crippen molar-refractivity contribution in [3.63, 3.8) is 0 Å². The number of benzene rings is 2. The van der Waals surface area contributed by atoms with E-state index in [-0.39, 0.29) is 48.5 Å². The second kappa shape index (κ2) is 16.1. The predicted molar refractivity (Wildman–Crippen MR) is 214 cm³/mol. The van der Waals surface area contributed by atoms with E-state index in [4.69, 9.17) is 4.74 Å². The molecule has 0 spiro atoms. The van der Waals surface area contributed by atoms with E-state index in [2.05, 4.69) is 214 Å².